The van der Waals surface area contributed by atoms with Gasteiger partial charge in [0.2, 0.25) is 0 Å². The Morgan fingerprint density at radius 2 is 2.03 bits per heavy atom. The third kappa shape index (κ3) is 4.59. The van der Waals surface area contributed by atoms with Gasteiger partial charge in [-0.25, -0.2) is 0 Å². The van der Waals surface area contributed by atoms with Crippen LogP contribution in [0.3, 0.4) is 0 Å². The average molecular weight is 452 g/mol. The first-order valence-electron chi connectivity index (χ1n) is 11.3. The number of nitrogens with zero attached hydrogens (tertiary/aromatic N) is 1. The average Bonchev–Trinajstić information content (AvgIpc) is 3.10. The van der Waals surface area contributed by atoms with Gasteiger partial charge in [-0.05, 0) is 60.7 Å². The lowest BCUT2D eigenvalue weighted by Crippen LogP contribution is -2.32. The number of amides is 1. The third-order valence-corrected chi connectivity index (χ3v) is 5.90. The first-order valence-corrected chi connectivity index (χ1v) is 11.3. The molecular formula is C26H29NO6. The molecule has 2 heterocycles. The summed E-state index contributed by atoms with van der Waals surface area (Å²) in [6.07, 6.45) is 2.58. The number of rotatable bonds is 8. The van der Waals surface area contributed by atoms with Crippen LogP contribution < -0.4 is 9.47 Å². The van der Waals surface area contributed by atoms with Gasteiger partial charge < -0.3 is 24.2 Å². The zero-order chi connectivity index (χ0) is 23.4. The monoisotopic (exact) mass is 451 g/mol. The topological polar surface area (TPSA) is 85.3 Å². The SMILES string of the molecule is CCCOc1cccc(C2/C(=C(/O)c3ccc4c(c3)CCCO4)C(=O)C(=O)N2CCOC)c1. The maximum absolute atomic E-state index is 13.1. The van der Waals surface area contributed by atoms with Crippen LogP contribution in [0.15, 0.2) is 48.0 Å². The number of methoxy groups -OCH3 is 1. The van der Waals surface area contributed by atoms with Crippen molar-refractivity contribution in [2.45, 2.75) is 32.2 Å². The van der Waals surface area contributed by atoms with E-state index < -0.39 is 17.7 Å². The molecule has 33 heavy (non-hydrogen) atoms. The molecule has 2 aromatic rings. The lowest BCUT2D eigenvalue weighted by atomic mass is 9.94. The molecule has 1 N–H and O–H groups in total. The highest BCUT2D eigenvalue weighted by Crippen LogP contribution is 2.40. The van der Waals surface area contributed by atoms with Crippen LogP contribution in [0.1, 0.15) is 42.5 Å². The number of hydrogen-bond acceptors (Lipinski definition) is 6. The second kappa shape index (κ2) is 10.1. The number of aryl methyl sites for hydroxylation is 1. The molecule has 174 valence electrons. The van der Waals surface area contributed by atoms with Gasteiger partial charge in [0.05, 0.1) is 31.4 Å². The zero-order valence-corrected chi connectivity index (χ0v) is 19.0. The molecule has 4 rings (SSSR count). The number of likely N-dealkylation sites (tertiary alicyclic amines) is 1. The van der Waals surface area contributed by atoms with Gasteiger partial charge in [0, 0.05) is 19.2 Å². The summed E-state index contributed by atoms with van der Waals surface area (Å²) in [5.74, 6) is -0.109. The van der Waals surface area contributed by atoms with Crippen LogP contribution in [-0.2, 0) is 20.7 Å². The van der Waals surface area contributed by atoms with E-state index in [2.05, 4.69) is 0 Å². The molecule has 2 aliphatic heterocycles. The molecule has 0 aromatic heterocycles. The van der Waals surface area contributed by atoms with Crippen LogP contribution in [0.2, 0.25) is 0 Å². The molecular weight excluding hydrogens is 422 g/mol. The number of Topliss-reactive ketones (excluding diaryl/α,β-unsaturated/α-hetero) is 1. The van der Waals surface area contributed by atoms with Gasteiger partial charge in [-0.1, -0.05) is 19.1 Å². The summed E-state index contributed by atoms with van der Waals surface area (Å²) in [5, 5.41) is 11.3. The second-order valence-electron chi connectivity index (χ2n) is 8.18. The highest BCUT2D eigenvalue weighted by atomic mass is 16.5. The van der Waals surface area contributed by atoms with Gasteiger partial charge in [-0.3, -0.25) is 9.59 Å². The number of hydrogen-bond donors (Lipinski definition) is 1. The number of benzene rings is 2. The molecule has 1 fully saturated rings. The fourth-order valence-corrected chi connectivity index (χ4v) is 4.30. The standard InChI is InChI=1S/C26H29NO6/c1-3-12-32-20-8-4-6-18(16-20)23-22(25(29)26(30)27(23)11-14-31-2)24(28)19-9-10-21-17(15-19)7-5-13-33-21/h4,6,8-10,15-16,23,28H,3,5,7,11-14H2,1-2H3/b24-22-. The van der Waals surface area contributed by atoms with Crippen molar-refractivity contribution < 1.29 is 28.9 Å². The van der Waals surface area contributed by atoms with Crippen molar-refractivity contribution in [3.8, 4) is 11.5 Å². The van der Waals surface area contributed by atoms with Crippen molar-refractivity contribution in [3.05, 3.63) is 64.7 Å². The summed E-state index contributed by atoms with van der Waals surface area (Å²) in [7, 11) is 1.54. The van der Waals surface area contributed by atoms with E-state index in [1.54, 1.807) is 19.2 Å². The number of ether oxygens (including phenoxy) is 3. The highest BCUT2D eigenvalue weighted by Gasteiger charge is 2.46. The van der Waals surface area contributed by atoms with Crippen LogP contribution in [0.5, 0.6) is 11.5 Å². The third-order valence-electron chi connectivity index (χ3n) is 5.90. The molecule has 0 aliphatic carbocycles. The molecule has 1 unspecified atom stereocenters. The van der Waals surface area contributed by atoms with Crippen LogP contribution in [0.25, 0.3) is 5.76 Å². The van der Waals surface area contributed by atoms with Crippen LogP contribution in [0, 0.1) is 0 Å². The molecule has 1 amide bonds. The normalized spacial score (nSPS) is 19.3. The summed E-state index contributed by atoms with van der Waals surface area (Å²) in [6, 6.07) is 11.9. The van der Waals surface area contributed by atoms with Crippen molar-refractivity contribution in [1.29, 1.82) is 0 Å². The number of aliphatic hydroxyl groups is 1. The lowest BCUT2D eigenvalue weighted by Gasteiger charge is -2.25. The van der Waals surface area contributed by atoms with Crippen molar-refractivity contribution >= 4 is 17.4 Å². The van der Waals surface area contributed by atoms with Gasteiger partial charge in [0.15, 0.2) is 0 Å². The van der Waals surface area contributed by atoms with E-state index in [1.165, 1.54) is 4.90 Å². The Morgan fingerprint density at radius 1 is 1.18 bits per heavy atom. The van der Waals surface area contributed by atoms with E-state index in [-0.39, 0.29) is 24.5 Å². The Balaban J connectivity index is 1.80. The van der Waals surface area contributed by atoms with Crippen molar-refractivity contribution in [2.24, 2.45) is 0 Å². The number of carbonyl (C=O) groups is 2. The lowest BCUT2D eigenvalue weighted by molar-refractivity contribution is -0.140. The maximum Gasteiger partial charge on any atom is 0.295 e. The minimum Gasteiger partial charge on any atom is -0.507 e. The molecule has 0 saturated carbocycles. The summed E-state index contributed by atoms with van der Waals surface area (Å²) in [6.45, 7) is 3.74. The Kier molecular flexibility index (Phi) is 6.99. The zero-order valence-electron chi connectivity index (χ0n) is 19.0. The molecule has 0 bridgehead atoms. The fourth-order valence-electron chi connectivity index (χ4n) is 4.30. The maximum atomic E-state index is 13.1. The largest absolute Gasteiger partial charge is 0.507 e. The van der Waals surface area contributed by atoms with E-state index >= 15 is 0 Å². The minimum atomic E-state index is -0.738. The minimum absolute atomic E-state index is 0.0698. The number of carbonyl (C=O) groups excluding carboxylic acids is 2. The van der Waals surface area contributed by atoms with Gasteiger partial charge in [-0.2, -0.15) is 0 Å². The summed E-state index contributed by atoms with van der Waals surface area (Å²) in [4.78, 5) is 27.5. The second-order valence-corrected chi connectivity index (χ2v) is 8.18. The number of fused-ring (bicyclic) bond motifs is 1. The summed E-state index contributed by atoms with van der Waals surface area (Å²) < 4.78 is 16.6. The molecule has 1 atom stereocenters. The van der Waals surface area contributed by atoms with Crippen LogP contribution in [-0.4, -0.2) is 55.2 Å². The van der Waals surface area contributed by atoms with E-state index in [0.29, 0.717) is 30.1 Å². The van der Waals surface area contributed by atoms with Gasteiger partial charge in [0.1, 0.15) is 17.3 Å². The van der Waals surface area contributed by atoms with E-state index in [9.17, 15) is 14.7 Å². The van der Waals surface area contributed by atoms with E-state index in [1.807, 2.05) is 37.3 Å². The molecule has 7 heteroatoms. The Hall–Kier alpha value is -3.32. The van der Waals surface area contributed by atoms with Crippen molar-refractivity contribution in [1.82, 2.24) is 4.90 Å². The predicted octanol–water partition coefficient (Wildman–Crippen LogP) is 3.87. The van der Waals surface area contributed by atoms with E-state index in [0.717, 1.165) is 30.6 Å². The number of aliphatic hydroxyl groups excluding tert-OH is 1. The smallest absolute Gasteiger partial charge is 0.295 e. The molecule has 2 aromatic carbocycles. The Morgan fingerprint density at radius 3 is 2.82 bits per heavy atom. The first-order chi connectivity index (χ1) is 16.0. The van der Waals surface area contributed by atoms with Crippen LogP contribution >= 0.6 is 0 Å². The number of ketones is 1. The van der Waals surface area contributed by atoms with Gasteiger partial charge in [0.25, 0.3) is 11.7 Å². The Bertz CT molecular complexity index is 1080. The summed E-state index contributed by atoms with van der Waals surface area (Å²) >= 11 is 0. The van der Waals surface area contributed by atoms with Crippen molar-refractivity contribution in [2.75, 3.05) is 33.5 Å². The fraction of sp³-hybridized carbons (Fsp3) is 0.385. The quantitative estimate of drug-likeness (QED) is 0.373. The molecule has 7 nitrogen and oxygen atoms in total. The van der Waals surface area contributed by atoms with E-state index in [4.69, 9.17) is 14.2 Å². The van der Waals surface area contributed by atoms with Gasteiger partial charge >= 0.3 is 0 Å². The predicted molar refractivity (Wildman–Crippen MR) is 123 cm³/mol. The Labute approximate surface area is 193 Å². The molecule has 0 spiro atoms. The van der Waals surface area contributed by atoms with Crippen molar-refractivity contribution in [3.63, 3.8) is 0 Å². The van der Waals surface area contributed by atoms with Gasteiger partial charge in [-0.15, -0.1) is 0 Å². The first kappa shape index (κ1) is 22.9. The molecule has 0 radical (unpaired) electrons. The van der Waals surface area contributed by atoms with Crippen LogP contribution in [0.4, 0.5) is 0 Å². The summed E-state index contributed by atoms with van der Waals surface area (Å²) in [5.41, 5.74) is 2.24. The highest BCUT2D eigenvalue weighted by molar-refractivity contribution is 6.46. The molecule has 1 saturated heterocycles. The molecule has 2 aliphatic rings.